The molecule has 0 atom stereocenters. The average molecular weight is 425 g/mol. The lowest BCUT2D eigenvalue weighted by Gasteiger charge is -2.09. The number of non-ortho nitro benzene ring substituents is 1. The summed E-state index contributed by atoms with van der Waals surface area (Å²) in [7, 11) is 0. The van der Waals surface area contributed by atoms with Gasteiger partial charge in [-0.05, 0) is 35.4 Å². The van der Waals surface area contributed by atoms with E-state index in [4.69, 9.17) is 10.00 Å². The number of halogens is 1. The Morgan fingerprint density at radius 3 is 2.41 bits per heavy atom. The van der Waals surface area contributed by atoms with E-state index in [0.717, 1.165) is 16.7 Å². The van der Waals surface area contributed by atoms with Crippen LogP contribution in [0.3, 0.4) is 0 Å². The fourth-order valence-corrected chi connectivity index (χ4v) is 3.20. The minimum absolute atomic E-state index is 0.0245. The normalized spacial score (nSPS) is 10.4. The number of nitro groups is 1. The Hall–Kier alpha value is -4.57. The van der Waals surface area contributed by atoms with Crippen LogP contribution in [-0.2, 0) is 6.61 Å². The highest BCUT2D eigenvalue weighted by molar-refractivity contribution is 5.72. The van der Waals surface area contributed by atoms with Gasteiger partial charge in [0.1, 0.15) is 12.4 Å². The SMILES string of the molecule is N#Cc1ccc(COc2cccc(-c3cccc(-c4cccc([N+](=O)[O-])c4)c3)n2)c(F)c1. The summed E-state index contributed by atoms with van der Waals surface area (Å²) in [6.45, 7) is -0.0261. The van der Waals surface area contributed by atoms with Gasteiger partial charge in [0.25, 0.3) is 5.69 Å². The van der Waals surface area contributed by atoms with Crippen LogP contribution >= 0.6 is 0 Å². The lowest BCUT2D eigenvalue weighted by Crippen LogP contribution is -2.00. The van der Waals surface area contributed by atoms with E-state index in [0.29, 0.717) is 17.1 Å². The van der Waals surface area contributed by atoms with Gasteiger partial charge in [0.15, 0.2) is 0 Å². The highest BCUT2D eigenvalue weighted by Gasteiger charge is 2.10. The van der Waals surface area contributed by atoms with E-state index >= 15 is 0 Å². The number of benzene rings is 3. The topological polar surface area (TPSA) is 89.0 Å². The zero-order chi connectivity index (χ0) is 22.5. The van der Waals surface area contributed by atoms with Crippen LogP contribution in [0.15, 0.2) is 84.9 Å². The van der Waals surface area contributed by atoms with Crippen LogP contribution in [0, 0.1) is 27.3 Å². The number of rotatable bonds is 6. The predicted molar refractivity (Wildman–Crippen MR) is 117 cm³/mol. The number of hydrogen-bond donors (Lipinski definition) is 0. The lowest BCUT2D eigenvalue weighted by molar-refractivity contribution is -0.384. The predicted octanol–water partition coefficient (Wildman–Crippen LogP) is 5.91. The van der Waals surface area contributed by atoms with Crippen molar-refractivity contribution in [3.8, 4) is 34.3 Å². The Morgan fingerprint density at radius 2 is 1.66 bits per heavy atom. The fourth-order valence-electron chi connectivity index (χ4n) is 3.20. The van der Waals surface area contributed by atoms with Gasteiger partial charge in [-0.3, -0.25) is 10.1 Å². The molecule has 1 aromatic heterocycles. The second-order valence-corrected chi connectivity index (χ2v) is 6.96. The molecule has 0 bridgehead atoms. The third-order valence-corrected chi connectivity index (χ3v) is 4.83. The van der Waals surface area contributed by atoms with E-state index < -0.39 is 10.7 Å². The number of aromatic nitrogens is 1. The second kappa shape index (κ2) is 9.06. The van der Waals surface area contributed by atoms with Gasteiger partial charge in [0, 0.05) is 29.3 Å². The Labute approximate surface area is 183 Å². The number of pyridine rings is 1. The van der Waals surface area contributed by atoms with E-state index in [1.807, 2.05) is 42.5 Å². The Bertz CT molecular complexity index is 1350. The molecule has 156 valence electrons. The maximum Gasteiger partial charge on any atom is 0.270 e. The molecule has 0 radical (unpaired) electrons. The standard InChI is InChI=1S/C25H16FN3O3/c26-23-12-17(15-27)10-11-21(23)16-32-25-9-3-8-24(28-25)20-6-1-4-18(13-20)19-5-2-7-22(14-19)29(30)31/h1-14H,16H2. The average Bonchev–Trinajstić information content (AvgIpc) is 2.83. The first-order valence-corrected chi connectivity index (χ1v) is 9.67. The van der Waals surface area contributed by atoms with Gasteiger partial charge in [0.2, 0.25) is 5.88 Å². The molecule has 6 nitrogen and oxygen atoms in total. The molecular weight excluding hydrogens is 409 g/mol. The lowest BCUT2D eigenvalue weighted by atomic mass is 10.0. The van der Waals surface area contributed by atoms with Crippen molar-refractivity contribution < 1.29 is 14.1 Å². The van der Waals surface area contributed by atoms with Crippen LogP contribution in [0.25, 0.3) is 22.4 Å². The Kier molecular flexibility index (Phi) is 5.86. The molecule has 0 amide bonds. The molecule has 0 aliphatic rings. The third-order valence-electron chi connectivity index (χ3n) is 4.83. The molecule has 32 heavy (non-hydrogen) atoms. The van der Waals surface area contributed by atoms with Crippen molar-refractivity contribution in [3.05, 3.63) is 112 Å². The third kappa shape index (κ3) is 4.60. The number of ether oxygens (including phenoxy) is 1. The monoisotopic (exact) mass is 425 g/mol. The number of nitriles is 1. The first-order valence-electron chi connectivity index (χ1n) is 9.67. The number of nitrogens with zero attached hydrogens (tertiary/aromatic N) is 3. The molecule has 0 fully saturated rings. The summed E-state index contributed by atoms with van der Waals surface area (Å²) in [4.78, 5) is 15.1. The van der Waals surface area contributed by atoms with Gasteiger partial charge >= 0.3 is 0 Å². The molecular formula is C25H16FN3O3. The van der Waals surface area contributed by atoms with E-state index in [1.165, 1.54) is 30.3 Å². The molecule has 0 aliphatic heterocycles. The zero-order valence-corrected chi connectivity index (χ0v) is 16.7. The van der Waals surface area contributed by atoms with E-state index in [9.17, 15) is 14.5 Å². The first-order chi connectivity index (χ1) is 15.5. The summed E-state index contributed by atoms with van der Waals surface area (Å²) in [5.41, 5.74) is 3.60. The number of nitro benzene ring substituents is 1. The van der Waals surface area contributed by atoms with E-state index in [-0.39, 0.29) is 17.9 Å². The fraction of sp³-hybridized carbons (Fsp3) is 0.0400. The summed E-state index contributed by atoms with van der Waals surface area (Å²) >= 11 is 0. The summed E-state index contributed by atoms with van der Waals surface area (Å²) in [6, 6.07) is 25.3. The van der Waals surface area contributed by atoms with E-state index in [2.05, 4.69) is 4.98 Å². The first kappa shape index (κ1) is 20.7. The van der Waals surface area contributed by atoms with Crippen LogP contribution in [0.2, 0.25) is 0 Å². The second-order valence-electron chi connectivity index (χ2n) is 6.96. The largest absolute Gasteiger partial charge is 0.473 e. The molecule has 3 aromatic carbocycles. The van der Waals surface area contributed by atoms with Crippen molar-refractivity contribution in [2.45, 2.75) is 6.61 Å². The minimum Gasteiger partial charge on any atom is -0.473 e. The van der Waals surface area contributed by atoms with Crippen LogP contribution in [0.5, 0.6) is 5.88 Å². The minimum atomic E-state index is -0.509. The van der Waals surface area contributed by atoms with Crippen molar-refractivity contribution in [1.82, 2.24) is 4.98 Å². The molecule has 7 heteroatoms. The van der Waals surface area contributed by atoms with Crippen molar-refractivity contribution in [2.75, 3.05) is 0 Å². The summed E-state index contributed by atoms with van der Waals surface area (Å²) in [6.07, 6.45) is 0. The Balaban J connectivity index is 1.56. The van der Waals surface area contributed by atoms with Crippen LogP contribution in [0.4, 0.5) is 10.1 Å². The van der Waals surface area contributed by atoms with Crippen molar-refractivity contribution in [1.29, 1.82) is 5.26 Å². The molecule has 0 saturated carbocycles. The molecule has 0 N–H and O–H groups in total. The van der Waals surface area contributed by atoms with Crippen molar-refractivity contribution in [2.24, 2.45) is 0 Å². The number of hydrogen-bond acceptors (Lipinski definition) is 5. The molecule has 0 saturated heterocycles. The van der Waals surface area contributed by atoms with Crippen LogP contribution in [-0.4, -0.2) is 9.91 Å². The summed E-state index contributed by atoms with van der Waals surface area (Å²) < 4.78 is 19.7. The molecule has 4 aromatic rings. The van der Waals surface area contributed by atoms with E-state index in [1.54, 1.807) is 18.2 Å². The van der Waals surface area contributed by atoms with Gasteiger partial charge in [-0.1, -0.05) is 42.5 Å². The Morgan fingerprint density at radius 1 is 0.938 bits per heavy atom. The summed E-state index contributed by atoms with van der Waals surface area (Å²) in [5, 5.41) is 19.9. The van der Waals surface area contributed by atoms with Gasteiger partial charge < -0.3 is 4.74 Å². The van der Waals surface area contributed by atoms with Crippen molar-refractivity contribution in [3.63, 3.8) is 0 Å². The van der Waals surface area contributed by atoms with Gasteiger partial charge in [-0.25, -0.2) is 9.37 Å². The smallest absolute Gasteiger partial charge is 0.270 e. The summed E-state index contributed by atoms with van der Waals surface area (Å²) in [5.74, 6) is -0.183. The van der Waals surface area contributed by atoms with Gasteiger partial charge in [-0.15, -0.1) is 0 Å². The molecule has 4 rings (SSSR count). The highest BCUT2D eigenvalue weighted by Crippen LogP contribution is 2.28. The highest BCUT2D eigenvalue weighted by atomic mass is 19.1. The molecule has 0 unspecified atom stereocenters. The molecule has 1 heterocycles. The van der Waals surface area contributed by atoms with Crippen molar-refractivity contribution >= 4 is 5.69 Å². The van der Waals surface area contributed by atoms with Crippen LogP contribution < -0.4 is 4.74 Å². The maximum absolute atomic E-state index is 14.1. The quantitative estimate of drug-likeness (QED) is 0.283. The molecule has 0 spiro atoms. The molecule has 0 aliphatic carbocycles. The maximum atomic E-state index is 14.1. The van der Waals surface area contributed by atoms with Gasteiger partial charge in [0.05, 0.1) is 22.2 Å². The van der Waals surface area contributed by atoms with Gasteiger partial charge in [-0.2, -0.15) is 5.26 Å². The zero-order valence-electron chi connectivity index (χ0n) is 16.7. The van der Waals surface area contributed by atoms with Crippen LogP contribution in [0.1, 0.15) is 11.1 Å².